The lowest BCUT2D eigenvalue weighted by atomic mass is 10.0. The van der Waals surface area contributed by atoms with Crippen molar-refractivity contribution in [1.29, 1.82) is 0 Å². The first-order valence-corrected chi connectivity index (χ1v) is 7.26. The molecule has 1 aromatic rings. The monoisotopic (exact) mass is 316 g/mol. The first kappa shape index (κ1) is 15.0. The molecule has 8 heteroatoms. The van der Waals surface area contributed by atoms with Crippen LogP contribution in [0.25, 0.3) is 0 Å². The number of amides is 4. The fourth-order valence-corrected chi connectivity index (χ4v) is 2.93. The summed E-state index contributed by atoms with van der Waals surface area (Å²) < 4.78 is 0. The summed E-state index contributed by atoms with van der Waals surface area (Å²) in [4.78, 5) is 48.2. The standard InChI is InChI=1S/C15H16N4O4/c16-12(20)6-17-10-3-1-2-8-9(10)7-19(15(8)23)11-4-5-13(21)18-14(11)22/h1-3,11,17H,4-7H2,(H2,16,20)(H,18,21,22). The van der Waals surface area contributed by atoms with Crippen LogP contribution in [0.2, 0.25) is 0 Å². The van der Waals surface area contributed by atoms with Crippen LogP contribution in [-0.2, 0) is 20.9 Å². The second kappa shape index (κ2) is 5.71. The van der Waals surface area contributed by atoms with Gasteiger partial charge < -0.3 is 16.0 Å². The molecule has 0 spiro atoms. The minimum absolute atomic E-state index is 0.0386. The van der Waals surface area contributed by atoms with Crippen LogP contribution in [0.3, 0.4) is 0 Å². The van der Waals surface area contributed by atoms with Gasteiger partial charge >= 0.3 is 0 Å². The van der Waals surface area contributed by atoms with Crippen LogP contribution >= 0.6 is 0 Å². The third-order valence-corrected chi connectivity index (χ3v) is 4.04. The molecule has 2 heterocycles. The molecule has 1 saturated heterocycles. The number of anilines is 1. The van der Waals surface area contributed by atoms with E-state index in [0.717, 1.165) is 5.56 Å². The van der Waals surface area contributed by atoms with Crippen LogP contribution in [0.5, 0.6) is 0 Å². The van der Waals surface area contributed by atoms with E-state index >= 15 is 0 Å². The molecular weight excluding hydrogens is 300 g/mol. The number of hydrogen-bond donors (Lipinski definition) is 3. The maximum absolute atomic E-state index is 12.6. The molecule has 4 N–H and O–H groups in total. The molecule has 1 atom stereocenters. The molecule has 0 bridgehead atoms. The van der Waals surface area contributed by atoms with Crippen molar-refractivity contribution in [2.75, 3.05) is 11.9 Å². The number of fused-ring (bicyclic) bond motifs is 1. The van der Waals surface area contributed by atoms with Crippen molar-refractivity contribution >= 4 is 29.3 Å². The first-order chi connectivity index (χ1) is 11.0. The van der Waals surface area contributed by atoms with E-state index < -0.39 is 17.9 Å². The summed E-state index contributed by atoms with van der Waals surface area (Å²) in [5.41, 5.74) is 6.98. The number of carbonyl (C=O) groups is 4. The van der Waals surface area contributed by atoms with Gasteiger partial charge in [0.1, 0.15) is 6.04 Å². The second-order valence-electron chi connectivity index (χ2n) is 5.55. The van der Waals surface area contributed by atoms with Crippen LogP contribution in [-0.4, -0.2) is 41.1 Å². The number of piperidine rings is 1. The van der Waals surface area contributed by atoms with Crippen molar-refractivity contribution in [2.45, 2.75) is 25.4 Å². The van der Waals surface area contributed by atoms with Gasteiger partial charge in [0, 0.05) is 29.8 Å². The van der Waals surface area contributed by atoms with Gasteiger partial charge in [0.15, 0.2) is 0 Å². The predicted molar refractivity (Wildman–Crippen MR) is 80.2 cm³/mol. The average Bonchev–Trinajstić information content (AvgIpc) is 2.83. The van der Waals surface area contributed by atoms with Crippen LogP contribution in [0.1, 0.15) is 28.8 Å². The van der Waals surface area contributed by atoms with Gasteiger partial charge in [-0.25, -0.2) is 0 Å². The zero-order chi connectivity index (χ0) is 16.6. The van der Waals surface area contributed by atoms with Crippen molar-refractivity contribution in [3.05, 3.63) is 29.3 Å². The minimum Gasteiger partial charge on any atom is -0.376 e. The van der Waals surface area contributed by atoms with Crippen molar-refractivity contribution in [3.8, 4) is 0 Å². The quantitative estimate of drug-likeness (QED) is 0.637. The zero-order valence-electron chi connectivity index (χ0n) is 12.3. The molecule has 23 heavy (non-hydrogen) atoms. The van der Waals surface area contributed by atoms with Crippen molar-refractivity contribution in [2.24, 2.45) is 5.73 Å². The molecule has 1 aromatic carbocycles. The van der Waals surface area contributed by atoms with Gasteiger partial charge in [-0.1, -0.05) is 6.07 Å². The van der Waals surface area contributed by atoms with Crippen LogP contribution in [0, 0.1) is 0 Å². The summed E-state index contributed by atoms with van der Waals surface area (Å²) in [6, 6.07) is 4.48. The zero-order valence-corrected chi connectivity index (χ0v) is 12.3. The summed E-state index contributed by atoms with van der Waals surface area (Å²) in [6.45, 7) is 0.214. The second-order valence-corrected chi connectivity index (χ2v) is 5.55. The lowest BCUT2D eigenvalue weighted by Gasteiger charge is -2.29. The average molecular weight is 316 g/mol. The third-order valence-electron chi connectivity index (χ3n) is 4.04. The van der Waals surface area contributed by atoms with Gasteiger partial charge in [-0.2, -0.15) is 0 Å². The maximum atomic E-state index is 12.6. The van der Waals surface area contributed by atoms with Gasteiger partial charge in [0.25, 0.3) is 5.91 Å². The number of imide groups is 1. The number of carbonyl (C=O) groups excluding carboxylic acids is 4. The highest BCUT2D eigenvalue weighted by Crippen LogP contribution is 2.32. The Kier molecular flexibility index (Phi) is 3.73. The van der Waals surface area contributed by atoms with Gasteiger partial charge in [-0.15, -0.1) is 0 Å². The van der Waals surface area contributed by atoms with Crippen molar-refractivity contribution < 1.29 is 19.2 Å². The highest BCUT2D eigenvalue weighted by atomic mass is 16.2. The summed E-state index contributed by atoms with van der Waals surface area (Å²) in [5, 5.41) is 5.16. The van der Waals surface area contributed by atoms with E-state index in [-0.39, 0.29) is 31.3 Å². The molecule has 0 saturated carbocycles. The fraction of sp³-hybridized carbons (Fsp3) is 0.333. The summed E-state index contributed by atoms with van der Waals surface area (Å²) >= 11 is 0. The lowest BCUT2D eigenvalue weighted by Crippen LogP contribution is -2.52. The SMILES string of the molecule is NC(=O)CNc1cccc2c1CN(C1CCC(=O)NC1=O)C2=O. The molecule has 0 radical (unpaired) electrons. The highest BCUT2D eigenvalue weighted by Gasteiger charge is 2.39. The van der Waals surface area contributed by atoms with Crippen LogP contribution in [0.4, 0.5) is 5.69 Å². The van der Waals surface area contributed by atoms with Gasteiger partial charge in [-0.3, -0.25) is 24.5 Å². The fourth-order valence-electron chi connectivity index (χ4n) is 2.93. The molecule has 8 nitrogen and oxygen atoms in total. The molecule has 2 aliphatic rings. The summed E-state index contributed by atoms with van der Waals surface area (Å²) in [6.07, 6.45) is 0.526. The van der Waals surface area contributed by atoms with E-state index in [1.807, 2.05) is 0 Å². The smallest absolute Gasteiger partial charge is 0.255 e. The summed E-state index contributed by atoms with van der Waals surface area (Å²) in [5.74, 6) is -1.53. The number of primary amides is 1. The van der Waals surface area contributed by atoms with E-state index in [2.05, 4.69) is 10.6 Å². The minimum atomic E-state index is -0.656. The van der Waals surface area contributed by atoms with E-state index in [1.165, 1.54) is 4.90 Å². The normalized spacial score (nSPS) is 20.3. The van der Waals surface area contributed by atoms with E-state index in [9.17, 15) is 19.2 Å². The number of nitrogens with one attached hydrogen (secondary N) is 2. The predicted octanol–water partition coefficient (Wildman–Crippen LogP) is -0.655. The van der Waals surface area contributed by atoms with E-state index in [4.69, 9.17) is 5.73 Å². The molecule has 3 rings (SSSR count). The first-order valence-electron chi connectivity index (χ1n) is 7.26. The molecular formula is C15H16N4O4. The molecule has 2 aliphatic heterocycles. The topological polar surface area (TPSA) is 122 Å². The Bertz CT molecular complexity index is 715. The van der Waals surface area contributed by atoms with Crippen LogP contribution < -0.4 is 16.4 Å². The van der Waals surface area contributed by atoms with Gasteiger partial charge in [0.2, 0.25) is 17.7 Å². The van der Waals surface area contributed by atoms with E-state index in [1.54, 1.807) is 18.2 Å². The van der Waals surface area contributed by atoms with Gasteiger partial charge in [-0.05, 0) is 18.6 Å². The van der Waals surface area contributed by atoms with Crippen molar-refractivity contribution in [1.82, 2.24) is 10.2 Å². The molecule has 4 amide bonds. The Hall–Kier alpha value is -2.90. The number of benzene rings is 1. The van der Waals surface area contributed by atoms with E-state index in [0.29, 0.717) is 17.7 Å². The number of nitrogens with zero attached hydrogens (tertiary/aromatic N) is 1. The maximum Gasteiger partial charge on any atom is 0.255 e. The molecule has 120 valence electrons. The van der Waals surface area contributed by atoms with Crippen molar-refractivity contribution in [3.63, 3.8) is 0 Å². The molecule has 0 aromatic heterocycles. The Morgan fingerprint density at radius 2 is 2.13 bits per heavy atom. The largest absolute Gasteiger partial charge is 0.376 e. The Morgan fingerprint density at radius 3 is 2.83 bits per heavy atom. The Balaban J connectivity index is 1.84. The molecule has 1 fully saturated rings. The lowest BCUT2D eigenvalue weighted by molar-refractivity contribution is -0.137. The number of nitrogens with two attached hydrogens (primary N) is 1. The van der Waals surface area contributed by atoms with Gasteiger partial charge in [0.05, 0.1) is 6.54 Å². The number of rotatable bonds is 4. The Labute approximate surface area is 132 Å². The summed E-state index contributed by atoms with van der Waals surface area (Å²) in [7, 11) is 0. The Morgan fingerprint density at radius 1 is 1.35 bits per heavy atom. The molecule has 0 aliphatic carbocycles. The van der Waals surface area contributed by atoms with Crippen LogP contribution in [0.15, 0.2) is 18.2 Å². The third kappa shape index (κ3) is 2.75. The highest BCUT2D eigenvalue weighted by molar-refractivity contribution is 6.06. The molecule has 1 unspecified atom stereocenters. The number of hydrogen-bond acceptors (Lipinski definition) is 5.